The predicted molar refractivity (Wildman–Crippen MR) is 64.9 cm³/mol. The maximum Gasteiger partial charge on any atom is 0.335 e. The molecule has 0 aliphatic carbocycles. The zero-order valence-corrected chi connectivity index (χ0v) is 9.63. The fraction of sp³-hybridized carbons (Fsp3) is 0. The quantitative estimate of drug-likeness (QED) is 0.831. The Bertz CT molecular complexity index is 627. The van der Waals surface area contributed by atoms with Crippen molar-refractivity contribution in [3.05, 3.63) is 65.0 Å². The van der Waals surface area contributed by atoms with Gasteiger partial charge in [-0.05, 0) is 24.3 Å². The Morgan fingerprint density at radius 3 is 2.05 bits per heavy atom. The summed E-state index contributed by atoms with van der Waals surface area (Å²) in [5.74, 6) is -3.10. The Kier molecular flexibility index (Phi) is 3.29. The van der Waals surface area contributed by atoms with Crippen LogP contribution in [-0.2, 0) is 0 Å². The summed E-state index contributed by atoms with van der Waals surface area (Å²) < 4.78 is 13.5. The fourth-order valence-corrected chi connectivity index (χ4v) is 1.65. The SMILES string of the molecule is O=C(O)c1ccc(C(=O)c2c(O)cccc2F)cc1. The number of ketones is 1. The molecule has 0 heterocycles. The van der Waals surface area contributed by atoms with Crippen molar-refractivity contribution in [2.75, 3.05) is 0 Å². The molecule has 2 aromatic rings. The van der Waals surface area contributed by atoms with Crippen molar-refractivity contribution in [3.63, 3.8) is 0 Å². The minimum absolute atomic E-state index is 0.0225. The number of rotatable bonds is 3. The summed E-state index contributed by atoms with van der Waals surface area (Å²) in [6.45, 7) is 0. The monoisotopic (exact) mass is 260 g/mol. The van der Waals surface area contributed by atoms with Crippen LogP contribution in [0.1, 0.15) is 26.3 Å². The second-order valence-electron chi connectivity index (χ2n) is 3.85. The lowest BCUT2D eigenvalue weighted by Crippen LogP contribution is -2.05. The molecule has 0 amide bonds. The van der Waals surface area contributed by atoms with Gasteiger partial charge in [-0.1, -0.05) is 18.2 Å². The average Bonchev–Trinajstić information content (AvgIpc) is 2.38. The molecule has 0 spiro atoms. The number of carbonyl (C=O) groups is 2. The van der Waals surface area contributed by atoms with Crippen molar-refractivity contribution in [2.45, 2.75) is 0 Å². The molecule has 2 N–H and O–H groups in total. The van der Waals surface area contributed by atoms with E-state index in [1.807, 2.05) is 0 Å². The van der Waals surface area contributed by atoms with Crippen LogP contribution in [0.4, 0.5) is 4.39 Å². The maximum absolute atomic E-state index is 13.5. The van der Waals surface area contributed by atoms with E-state index in [1.54, 1.807) is 0 Å². The highest BCUT2D eigenvalue weighted by Crippen LogP contribution is 2.23. The topological polar surface area (TPSA) is 74.6 Å². The number of hydrogen-bond acceptors (Lipinski definition) is 3. The molecule has 0 radical (unpaired) electrons. The largest absolute Gasteiger partial charge is 0.507 e. The lowest BCUT2D eigenvalue weighted by Gasteiger charge is -2.05. The molecule has 4 nitrogen and oxygen atoms in total. The van der Waals surface area contributed by atoms with Gasteiger partial charge in [0.25, 0.3) is 0 Å². The summed E-state index contributed by atoms with van der Waals surface area (Å²) >= 11 is 0. The smallest absolute Gasteiger partial charge is 0.335 e. The molecule has 96 valence electrons. The first-order chi connectivity index (χ1) is 9.00. The Morgan fingerprint density at radius 2 is 1.53 bits per heavy atom. The Balaban J connectivity index is 2.42. The third-order valence-corrected chi connectivity index (χ3v) is 2.61. The van der Waals surface area contributed by atoms with Gasteiger partial charge in [0.05, 0.1) is 11.1 Å². The molecule has 0 atom stereocenters. The van der Waals surface area contributed by atoms with Gasteiger partial charge in [0, 0.05) is 5.56 Å². The zero-order valence-electron chi connectivity index (χ0n) is 9.63. The molecule has 0 fully saturated rings. The first-order valence-corrected chi connectivity index (χ1v) is 5.36. The molecule has 2 rings (SSSR count). The van der Waals surface area contributed by atoms with E-state index < -0.39 is 28.9 Å². The summed E-state index contributed by atoms with van der Waals surface area (Å²) in [5, 5.41) is 18.2. The van der Waals surface area contributed by atoms with Gasteiger partial charge in [-0.15, -0.1) is 0 Å². The zero-order chi connectivity index (χ0) is 14.0. The highest BCUT2D eigenvalue weighted by molar-refractivity contribution is 6.11. The Labute approximate surface area is 107 Å². The minimum Gasteiger partial charge on any atom is -0.507 e. The van der Waals surface area contributed by atoms with E-state index in [4.69, 9.17) is 5.11 Å². The number of carboxylic acids is 1. The van der Waals surface area contributed by atoms with Crippen LogP contribution in [0.15, 0.2) is 42.5 Å². The van der Waals surface area contributed by atoms with E-state index in [-0.39, 0.29) is 11.1 Å². The Hall–Kier alpha value is -2.69. The summed E-state index contributed by atoms with van der Waals surface area (Å²) in [6, 6.07) is 8.60. The number of carbonyl (C=O) groups excluding carboxylic acids is 1. The summed E-state index contributed by atoms with van der Waals surface area (Å²) in [7, 11) is 0. The summed E-state index contributed by atoms with van der Waals surface area (Å²) in [6.07, 6.45) is 0. The maximum atomic E-state index is 13.5. The van der Waals surface area contributed by atoms with Gasteiger partial charge in [0.15, 0.2) is 5.78 Å². The molecule has 19 heavy (non-hydrogen) atoms. The third kappa shape index (κ3) is 2.44. The number of hydrogen-bond donors (Lipinski definition) is 2. The van der Waals surface area contributed by atoms with Crippen molar-refractivity contribution >= 4 is 11.8 Å². The number of phenols is 1. The van der Waals surface area contributed by atoms with Gasteiger partial charge in [-0.2, -0.15) is 0 Å². The van der Waals surface area contributed by atoms with E-state index in [1.165, 1.54) is 36.4 Å². The molecule has 0 saturated carbocycles. The van der Waals surface area contributed by atoms with Crippen LogP contribution < -0.4 is 0 Å². The summed E-state index contributed by atoms with van der Waals surface area (Å²) in [5.41, 5.74) is -0.301. The van der Waals surface area contributed by atoms with Gasteiger partial charge in [0.2, 0.25) is 0 Å². The molecule has 0 aliphatic rings. The lowest BCUT2D eigenvalue weighted by molar-refractivity contribution is 0.0696. The summed E-state index contributed by atoms with van der Waals surface area (Å²) in [4.78, 5) is 22.7. The van der Waals surface area contributed by atoms with Crippen LogP contribution in [0.5, 0.6) is 5.75 Å². The molecule has 0 aromatic heterocycles. The predicted octanol–water partition coefficient (Wildman–Crippen LogP) is 2.46. The van der Waals surface area contributed by atoms with E-state index in [9.17, 15) is 19.1 Å². The third-order valence-electron chi connectivity index (χ3n) is 2.61. The van der Waals surface area contributed by atoms with Gasteiger partial charge < -0.3 is 10.2 Å². The van der Waals surface area contributed by atoms with Crippen molar-refractivity contribution in [1.29, 1.82) is 0 Å². The van der Waals surface area contributed by atoms with Crippen LogP contribution in [0.25, 0.3) is 0 Å². The van der Waals surface area contributed by atoms with Gasteiger partial charge in [-0.25, -0.2) is 9.18 Å². The molecule has 0 saturated heterocycles. The molecule has 5 heteroatoms. The van der Waals surface area contributed by atoms with Crippen LogP contribution in [0.3, 0.4) is 0 Å². The van der Waals surface area contributed by atoms with Crippen molar-refractivity contribution < 1.29 is 24.2 Å². The van der Waals surface area contributed by atoms with Gasteiger partial charge in [0.1, 0.15) is 11.6 Å². The fourth-order valence-electron chi connectivity index (χ4n) is 1.65. The molecule has 0 aliphatic heterocycles. The molecular formula is C14H9FO4. The molecular weight excluding hydrogens is 251 g/mol. The highest BCUT2D eigenvalue weighted by Gasteiger charge is 2.18. The number of halogens is 1. The normalized spacial score (nSPS) is 10.2. The van der Waals surface area contributed by atoms with E-state index >= 15 is 0 Å². The number of benzene rings is 2. The minimum atomic E-state index is -1.12. The van der Waals surface area contributed by atoms with Gasteiger partial charge in [-0.3, -0.25) is 4.79 Å². The van der Waals surface area contributed by atoms with Crippen molar-refractivity contribution in [3.8, 4) is 5.75 Å². The molecule has 0 unspecified atom stereocenters. The number of carboxylic acid groups (broad SMARTS) is 1. The first-order valence-electron chi connectivity index (χ1n) is 5.36. The second kappa shape index (κ2) is 4.89. The van der Waals surface area contributed by atoms with Crippen molar-refractivity contribution in [1.82, 2.24) is 0 Å². The number of aromatic hydroxyl groups is 1. The highest BCUT2D eigenvalue weighted by atomic mass is 19.1. The van der Waals surface area contributed by atoms with Crippen molar-refractivity contribution in [2.24, 2.45) is 0 Å². The number of aromatic carboxylic acids is 1. The standard InChI is InChI=1S/C14H9FO4/c15-10-2-1-3-11(16)12(10)13(17)8-4-6-9(7-5-8)14(18)19/h1-7,16H,(H,18,19). The lowest BCUT2D eigenvalue weighted by atomic mass is 10.0. The van der Waals surface area contributed by atoms with Crippen LogP contribution in [-0.4, -0.2) is 22.0 Å². The van der Waals surface area contributed by atoms with Crippen LogP contribution in [0.2, 0.25) is 0 Å². The van der Waals surface area contributed by atoms with Gasteiger partial charge >= 0.3 is 5.97 Å². The number of phenolic OH excluding ortho intramolecular Hbond substituents is 1. The Morgan fingerprint density at radius 1 is 0.947 bits per heavy atom. The van der Waals surface area contributed by atoms with Crippen LogP contribution in [0, 0.1) is 5.82 Å². The van der Waals surface area contributed by atoms with E-state index in [2.05, 4.69) is 0 Å². The first kappa shape index (κ1) is 12.8. The van der Waals surface area contributed by atoms with E-state index in [0.29, 0.717) is 0 Å². The van der Waals surface area contributed by atoms with Crippen LogP contribution >= 0.6 is 0 Å². The molecule has 0 bridgehead atoms. The molecule has 2 aromatic carbocycles. The average molecular weight is 260 g/mol. The second-order valence-corrected chi connectivity index (χ2v) is 3.85. The van der Waals surface area contributed by atoms with E-state index in [0.717, 1.165) is 6.07 Å².